The van der Waals surface area contributed by atoms with Crippen molar-refractivity contribution in [3.05, 3.63) is 23.9 Å². The third kappa shape index (κ3) is 2.35. The molecule has 0 saturated carbocycles. The Morgan fingerprint density at radius 3 is 2.94 bits per heavy atom. The minimum atomic E-state index is 0.553. The Morgan fingerprint density at radius 2 is 2.31 bits per heavy atom. The smallest absolute Gasteiger partial charge is 0.212 e. The molecule has 1 aliphatic rings. The molecule has 1 saturated heterocycles. The van der Waals surface area contributed by atoms with E-state index >= 15 is 0 Å². The summed E-state index contributed by atoms with van der Waals surface area (Å²) in [6.45, 7) is 4.57. The van der Waals surface area contributed by atoms with Gasteiger partial charge in [-0.3, -0.25) is 4.90 Å². The lowest BCUT2D eigenvalue weighted by molar-refractivity contribution is 0.157. The van der Waals surface area contributed by atoms with Gasteiger partial charge >= 0.3 is 0 Å². The minimum Gasteiger partial charge on any atom is -0.481 e. The van der Waals surface area contributed by atoms with E-state index < -0.39 is 0 Å². The van der Waals surface area contributed by atoms with Gasteiger partial charge in [0.05, 0.1) is 7.11 Å². The van der Waals surface area contributed by atoms with Crippen molar-refractivity contribution in [2.45, 2.75) is 32.2 Å². The Hall–Kier alpha value is -1.09. The first-order valence-electron chi connectivity index (χ1n) is 6.09. The van der Waals surface area contributed by atoms with Crippen molar-refractivity contribution in [2.75, 3.05) is 20.2 Å². The molecule has 1 atom stereocenters. The van der Waals surface area contributed by atoms with Crippen LogP contribution < -0.4 is 4.74 Å². The quantitative estimate of drug-likeness (QED) is 0.783. The van der Waals surface area contributed by atoms with Crippen LogP contribution in [0.15, 0.2) is 18.3 Å². The van der Waals surface area contributed by atoms with Crippen LogP contribution in [-0.4, -0.2) is 30.1 Å². The normalized spacial score (nSPS) is 22.0. The molecule has 1 aromatic heterocycles. The fraction of sp³-hybridized carbons (Fsp3) is 0.615. The molecule has 1 fully saturated rings. The second-order valence-corrected chi connectivity index (χ2v) is 4.27. The molecule has 0 amide bonds. The molecule has 16 heavy (non-hydrogen) atoms. The van der Waals surface area contributed by atoms with Crippen molar-refractivity contribution in [1.29, 1.82) is 0 Å². The van der Waals surface area contributed by atoms with E-state index in [0.717, 1.165) is 6.54 Å². The van der Waals surface area contributed by atoms with Gasteiger partial charge in [-0.15, -0.1) is 0 Å². The molecule has 2 heterocycles. The molecule has 3 nitrogen and oxygen atoms in total. The van der Waals surface area contributed by atoms with Crippen molar-refractivity contribution in [1.82, 2.24) is 9.88 Å². The van der Waals surface area contributed by atoms with Gasteiger partial charge in [-0.05, 0) is 31.5 Å². The van der Waals surface area contributed by atoms with Crippen molar-refractivity contribution < 1.29 is 4.74 Å². The molecule has 2 rings (SSSR count). The van der Waals surface area contributed by atoms with Crippen LogP contribution in [0.2, 0.25) is 0 Å². The molecular weight excluding hydrogens is 200 g/mol. The molecule has 0 radical (unpaired) electrons. The zero-order valence-electron chi connectivity index (χ0n) is 10.1. The molecule has 0 N–H and O–H groups in total. The van der Waals surface area contributed by atoms with Gasteiger partial charge in [0.2, 0.25) is 5.88 Å². The fourth-order valence-electron chi connectivity index (χ4n) is 2.46. The maximum absolute atomic E-state index is 5.08. The summed E-state index contributed by atoms with van der Waals surface area (Å²) >= 11 is 0. The van der Waals surface area contributed by atoms with Gasteiger partial charge in [0.1, 0.15) is 0 Å². The number of hydrogen-bond acceptors (Lipinski definition) is 3. The topological polar surface area (TPSA) is 25.4 Å². The van der Waals surface area contributed by atoms with E-state index in [1.807, 2.05) is 12.3 Å². The Kier molecular flexibility index (Phi) is 3.78. The van der Waals surface area contributed by atoms with Gasteiger partial charge in [0.15, 0.2) is 0 Å². The van der Waals surface area contributed by atoms with E-state index in [-0.39, 0.29) is 0 Å². The van der Waals surface area contributed by atoms with Crippen LogP contribution in [0.3, 0.4) is 0 Å². The van der Waals surface area contributed by atoms with Gasteiger partial charge in [-0.25, -0.2) is 4.98 Å². The van der Waals surface area contributed by atoms with Crippen molar-refractivity contribution >= 4 is 0 Å². The molecule has 1 aliphatic heterocycles. The lowest BCUT2D eigenvalue weighted by atomic mass is 9.96. The summed E-state index contributed by atoms with van der Waals surface area (Å²) in [5.41, 5.74) is 1.32. The Labute approximate surface area is 97.4 Å². The first kappa shape index (κ1) is 11.4. The van der Waals surface area contributed by atoms with Gasteiger partial charge in [0, 0.05) is 18.3 Å². The number of rotatable bonds is 3. The fourth-order valence-corrected chi connectivity index (χ4v) is 2.46. The summed E-state index contributed by atoms with van der Waals surface area (Å²) in [7, 11) is 1.65. The predicted octanol–water partition coefficient (Wildman–Crippen LogP) is 2.64. The maximum atomic E-state index is 5.08. The average Bonchev–Trinajstić information content (AvgIpc) is 2.39. The number of pyridine rings is 1. The van der Waals surface area contributed by atoms with Crippen molar-refractivity contribution in [3.8, 4) is 5.88 Å². The number of nitrogens with zero attached hydrogens (tertiary/aromatic N) is 2. The van der Waals surface area contributed by atoms with Gasteiger partial charge in [-0.1, -0.05) is 19.4 Å². The third-order valence-electron chi connectivity index (χ3n) is 3.37. The largest absolute Gasteiger partial charge is 0.481 e. The van der Waals surface area contributed by atoms with Crippen molar-refractivity contribution in [3.63, 3.8) is 0 Å². The molecule has 0 spiro atoms. The van der Waals surface area contributed by atoms with Gasteiger partial charge in [0.25, 0.3) is 0 Å². The molecule has 0 aromatic carbocycles. The summed E-state index contributed by atoms with van der Waals surface area (Å²) in [5, 5.41) is 0. The number of ether oxygens (including phenoxy) is 1. The Balaban J connectivity index is 2.14. The maximum Gasteiger partial charge on any atom is 0.212 e. The highest BCUT2D eigenvalue weighted by molar-refractivity contribution is 5.21. The minimum absolute atomic E-state index is 0.553. The predicted molar refractivity (Wildman–Crippen MR) is 64.6 cm³/mol. The van der Waals surface area contributed by atoms with Crippen LogP contribution in [0, 0.1) is 0 Å². The van der Waals surface area contributed by atoms with E-state index in [1.54, 1.807) is 7.11 Å². The number of aromatic nitrogens is 1. The molecular formula is C13H20N2O. The van der Waals surface area contributed by atoms with Gasteiger partial charge < -0.3 is 4.74 Å². The number of likely N-dealkylation sites (tertiary alicyclic amines) is 1. The SMILES string of the molecule is CCN1CCCCC1c1ccc(OC)nc1. The summed E-state index contributed by atoms with van der Waals surface area (Å²) in [6.07, 6.45) is 5.86. The second kappa shape index (κ2) is 5.30. The summed E-state index contributed by atoms with van der Waals surface area (Å²) < 4.78 is 5.08. The highest BCUT2D eigenvalue weighted by Gasteiger charge is 2.22. The van der Waals surface area contributed by atoms with Crippen LogP contribution >= 0.6 is 0 Å². The molecule has 0 bridgehead atoms. The highest BCUT2D eigenvalue weighted by atomic mass is 16.5. The molecule has 1 aromatic rings. The van der Waals surface area contributed by atoms with E-state index in [4.69, 9.17) is 4.74 Å². The number of piperidine rings is 1. The molecule has 1 unspecified atom stereocenters. The second-order valence-electron chi connectivity index (χ2n) is 4.27. The van der Waals surface area contributed by atoms with Crippen LogP contribution in [0.5, 0.6) is 5.88 Å². The van der Waals surface area contributed by atoms with Gasteiger partial charge in [-0.2, -0.15) is 0 Å². The van der Waals surface area contributed by atoms with Crippen LogP contribution in [0.1, 0.15) is 37.8 Å². The highest BCUT2D eigenvalue weighted by Crippen LogP contribution is 2.30. The third-order valence-corrected chi connectivity index (χ3v) is 3.37. The zero-order valence-corrected chi connectivity index (χ0v) is 10.1. The number of methoxy groups -OCH3 is 1. The average molecular weight is 220 g/mol. The molecule has 88 valence electrons. The molecule has 0 aliphatic carbocycles. The van der Waals surface area contributed by atoms with E-state index in [1.165, 1.54) is 31.4 Å². The molecule has 3 heteroatoms. The first-order valence-corrected chi connectivity index (χ1v) is 6.09. The summed E-state index contributed by atoms with van der Waals surface area (Å²) in [6, 6.07) is 4.65. The number of hydrogen-bond donors (Lipinski definition) is 0. The van der Waals surface area contributed by atoms with Crippen molar-refractivity contribution in [2.24, 2.45) is 0 Å². The standard InChI is InChI=1S/C13H20N2O/c1-3-15-9-5-4-6-12(15)11-7-8-13(16-2)14-10-11/h7-8,10,12H,3-6,9H2,1-2H3. The first-order chi connectivity index (χ1) is 7.85. The summed E-state index contributed by atoms with van der Waals surface area (Å²) in [5.74, 6) is 0.697. The van der Waals surface area contributed by atoms with Crippen LogP contribution in [-0.2, 0) is 0 Å². The van der Waals surface area contributed by atoms with Crippen LogP contribution in [0.25, 0.3) is 0 Å². The van der Waals surface area contributed by atoms with E-state index in [9.17, 15) is 0 Å². The lowest BCUT2D eigenvalue weighted by Gasteiger charge is -2.34. The van der Waals surface area contributed by atoms with E-state index in [2.05, 4.69) is 22.9 Å². The summed E-state index contributed by atoms with van der Waals surface area (Å²) in [4.78, 5) is 6.83. The van der Waals surface area contributed by atoms with Crippen LogP contribution in [0.4, 0.5) is 0 Å². The Morgan fingerprint density at radius 1 is 1.44 bits per heavy atom. The van der Waals surface area contributed by atoms with E-state index in [0.29, 0.717) is 11.9 Å². The monoisotopic (exact) mass is 220 g/mol. The lowest BCUT2D eigenvalue weighted by Crippen LogP contribution is -2.33. The zero-order chi connectivity index (χ0) is 11.4. The Bertz CT molecular complexity index is 323.